The lowest BCUT2D eigenvalue weighted by Gasteiger charge is -2.08. The fraction of sp³-hybridized carbons (Fsp3) is 0.125. The van der Waals surface area contributed by atoms with Crippen molar-refractivity contribution in [3.05, 3.63) is 60.2 Å². The van der Waals surface area contributed by atoms with Gasteiger partial charge in [-0.05, 0) is 52.2 Å². The zero-order valence-electron chi connectivity index (χ0n) is 9.85. The maximum absolute atomic E-state index is 5.92. The van der Waals surface area contributed by atoms with Crippen LogP contribution in [0.15, 0.2) is 54.6 Å². The normalized spacial score (nSPS) is 13.1. The molecule has 1 nitrogen and oxygen atoms in total. The van der Waals surface area contributed by atoms with Gasteiger partial charge in [0.05, 0.1) is 0 Å². The van der Waals surface area contributed by atoms with E-state index in [0.29, 0.717) is 0 Å². The topological polar surface area (TPSA) is 26.0 Å². The second kappa shape index (κ2) is 3.86. The van der Waals surface area contributed by atoms with Crippen LogP contribution in [0.2, 0.25) is 0 Å². The second-order valence-electron chi connectivity index (χ2n) is 4.59. The van der Waals surface area contributed by atoms with E-state index < -0.39 is 0 Å². The van der Waals surface area contributed by atoms with E-state index in [1.807, 2.05) is 6.92 Å². The van der Waals surface area contributed by atoms with Crippen molar-refractivity contribution in [2.24, 2.45) is 5.73 Å². The van der Waals surface area contributed by atoms with Crippen LogP contribution in [0.5, 0.6) is 0 Å². The smallest absolute Gasteiger partial charge is 0.0266 e. The molecular weight excluding hydrogens is 206 g/mol. The summed E-state index contributed by atoms with van der Waals surface area (Å²) >= 11 is 0. The third kappa shape index (κ3) is 1.79. The fourth-order valence-corrected chi connectivity index (χ4v) is 2.24. The summed E-state index contributed by atoms with van der Waals surface area (Å²) in [5.74, 6) is 0. The summed E-state index contributed by atoms with van der Waals surface area (Å²) in [5.41, 5.74) is 7.11. The molecule has 17 heavy (non-hydrogen) atoms. The van der Waals surface area contributed by atoms with Crippen molar-refractivity contribution in [1.82, 2.24) is 0 Å². The third-order valence-electron chi connectivity index (χ3n) is 3.25. The predicted octanol–water partition coefficient (Wildman–Crippen LogP) is 4.01. The molecule has 1 atom stereocenters. The van der Waals surface area contributed by atoms with Gasteiger partial charge in [-0.25, -0.2) is 0 Å². The monoisotopic (exact) mass is 221 g/mol. The fourth-order valence-electron chi connectivity index (χ4n) is 2.24. The highest BCUT2D eigenvalue weighted by Crippen LogP contribution is 2.25. The first-order valence-corrected chi connectivity index (χ1v) is 5.92. The number of rotatable bonds is 1. The average Bonchev–Trinajstić information content (AvgIpc) is 2.35. The first kappa shape index (κ1) is 10.3. The van der Waals surface area contributed by atoms with E-state index in [-0.39, 0.29) is 6.04 Å². The largest absolute Gasteiger partial charge is 0.324 e. The van der Waals surface area contributed by atoms with Crippen molar-refractivity contribution < 1.29 is 0 Å². The van der Waals surface area contributed by atoms with Crippen molar-refractivity contribution in [3.8, 4) is 0 Å². The van der Waals surface area contributed by atoms with Crippen LogP contribution in [0, 0.1) is 0 Å². The minimum atomic E-state index is 0.0888. The van der Waals surface area contributed by atoms with Gasteiger partial charge < -0.3 is 5.73 Å². The Bertz CT molecular complexity index is 683. The molecule has 84 valence electrons. The SMILES string of the molecule is CC(N)c1ccc2cc3ccccc3cc2c1. The molecule has 3 rings (SSSR count). The van der Waals surface area contributed by atoms with Crippen LogP contribution < -0.4 is 5.73 Å². The number of hydrogen-bond acceptors (Lipinski definition) is 1. The highest BCUT2D eigenvalue weighted by Gasteiger charge is 2.02. The van der Waals surface area contributed by atoms with Gasteiger partial charge in [0.25, 0.3) is 0 Å². The zero-order chi connectivity index (χ0) is 11.8. The molecule has 1 unspecified atom stereocenters. The van der Waals surface area contributed by atoms with Crippen LogP contribution in [0.3, 0.4) is 0 Å². The average molecular weight is 221 g/mol. The standard InChI is InChI=1S/C16H15N/c1-11(17)12-6-7-15-9-13-4-2-3-5-14(13)10-16(15)8-12/h2-11H,17H2,1H3. The molecule has 0 radical (unpaired) electrons. The summed E-state index contributed by atoms with van der Waals surface area (Å²) < 4.78 is 0. The molecule has 2 N–H and O–H groups in total. The van der Waals surface area contributed by atoms with Crippen LogP contribution in [0.25, 0.3) is 21.5 Å². The lowest BCUT2D eigenvalue weighted by atomic mass is 10.00. The van der Waals surface area contributed by atoms with Gasteiger partial charge in [0, 0.05) is 6.04 Å². The zero-order valence-corrected chi connectivity index (χ0v) is 9.85. The minimum absolute atomic E-state index is 0.0888. The molecule has 0 aliphatic heterocycles. The van der Waals surface area contributed by atoms with Crippen molar-refractivity contribution in [3.63, 3.8) is 0 Å². The molecule has 0 bridgehead atoms. The molecule has 0 amide bonds. The van der Waals surface area contributed by atoms with Gasteiger partial charge in [0.15, 0.2) is 0 Å². The third-order valence-corrected chi connectivity index (χ3v) is 3.25. The van der Waals surface area contributed by atoms with Gasteiger partial charge in [-0.2, -0.15) is 0 Å². The van der Waals surface area contributed by atoms with E-state index >= 15 is 0 Å². The highest BCUT2D eigenvalue weighted by atomic mass is 14.6. The molecule has 0 aliphatic carbocycles. The molecule has 0 aromatic heterocycles. The Labute approximate surface area is 101 Å². The summed E-state index contributed by atoms with van der Waals surface area (Å²) in [6.45, 7) is 2.02. The molecular formula is C16H15N. The lowest BCUT2D eigenvalue weighted by Crippen LogP contribution is -2.04. The molecule has 0 heterocycles. The van der Waals surface area contributed by atoms with E-state index in [4.69, 9.17) is 5.73 Å². The van der Waals surface area contributed by atoms with Crippen LogP contribution in [0.1, 0.15) is 18.5 Å². The van der Waals surface area contributed by atoms with Crippen molar-refractivity contribution in [1.29, 1.82) is 0 Å². The number of hydrogen-bond donors (Lipinski definition) is 1. The molecule has 0 aliphatic rings. The Morgan fingerprint density at radius 1 is 0.765 bits per heavy atom. The van der Waals surface area contributed by atoms with Gasteiger partial charge >= 0.3 is 0 Å². The first-order valence-electron chi connectivity index (χ1n) is 5.92. The van der Waals surface area contributed by atoms with Crippen LogP contribution in [0.4, 0.5) is 0 Å². The van der Waals surface area contributed by atoms with Crippen molar-refractivity contribution in [2.45, 2.75) is 13.0 Å². The second-order valence-corrected chi connectivity index (χ2v) is 4.59. The van der Waals surface area contributed by atoms with Gasteiger partial charge in [-0.1, -0.05) is 36.4 Å². The summed E-state index contributed by atoms with van der Waals surface area (Å²) in [4.78, 5) is 0. The predicted molar refractivity (Wildman–Crippen MR) is 74.1 cm³/mol. The Morgan fingerprint density at radius 3 is 2.00 bits per heavy atom. The Kier molecular flexibility index (Phi) is 2.34. The molecule has 0 saturated carbocycles. The number of nitrogens with two attached hydrogens (primary N) is 1. The number of benzene rings is 3. The Hall–Kier alpha value is -1.86. The lowest BCUT2D eigenvalue weighted by molar-refractivity contribution is 0.820. The van der Waals surface area contributed by atoms with Gasteiger partial charge in [0.2, 0.25) is 0 Å². The Balaban J connectivity index is 2.32. The molecule has 3 aromatic carbocycles. The quantitative estimate of drug-likeness (QED) is 0.617. The summed E-state index contributed by atoms with van der Waals surface area (Å²) in [7, 11) is 0. The molecule has 0 fully saturated rings. The van der Waals surface area contributed by atoms with E-state index in [2.05, 4.69) is 54.6 Å². The minimum Gasteiger partial charge on any atom is -0.324 e. The maximum Gasteiger partial charge on any atom is 0.0266 e. The van der Waals surface area contributed by atoms with Crippen molar-refractivity contribution in [2.75, 3.05) is 0 Å². The van der Waals surface area contributed by atoms with E-state index in [1.165, 1.54) is 27.1 Å². The van der Waals surface area contributed by atoms with Gasteiger partial charge in [-0.3, -0.25) is 0 Å². The molecule has 0 saturated heterocycles. The van der Waals surface area contributed by atoms with Crippen LogP contribution in [-0.2, 0) is 0 Å². The van der Waals surface area contributed by atoms with Crippen LogP contribution >= 0.6 is 0 Å². The highest BCUT2D eigenvalue weighted by molar-refractivity contribution is 5.98. The van der Waals surface area contributed by atoms with Crippen LogP contribution in [-0.4, -0.2) is 0 Å². The molecule has 0 spiro atoms. The molecule has 1 heteroatoms. The number of fused-ring (bicyclic) bond motifs is 2. The summed E-state index contributed by atoms with van der Waals surface area (Å²) in [5, 5.41) is 5.10. The van der Waals surface area contributed by atoms with Gasteiger partial charge in [0.1, 0.15) is 0 Å². The van der Waals surface area contributed by atoms with Gasteiger partial charge in [-0.15, -0.1) is 0 Å². The van der Waals surface area contributed by atoms with E-state index in [1.54, 1.807) is 0 Å². The summed E-state index contributed by atoms with van der Waals surface area (Å²) in [6.07, 6.45) is 0. The first-order chi connectivity index (χ1) is 8.24. The maximum atomic E-state index is 5.92. The van der Waals surface area contributed by atoms with E-state index in [9.17, 15) is 0 Å². The van der Waals surface area contributed by atoms with Crippen molar-refractivity contribution >= 4 is 21.5 Å². The molecule has 3 aromatic rings. The van der Waals surface area contributed by atoms with E-state index in [0.717, 1.165) is 0 Å². The summed E-state index contributed by atoms with van der Waals surface area (Å²) in [6, 6.07) is 19.4. The Morgan fingerprint density at radius 2 is 1.35 bits per heavy atom.